The molecule has 0 radical (unpaired) electrons. The summed E-state index contributed by atoms with van der Waals surface area (Å²) in [6.07, 6.45) is -27.9. The molecular formula is C57H94O27. The van der Waals surface area contributed by atoms with Crippen molar-refractivity contribution in [2.75, 3.05) is 40.1 Å². The lowest BCUT2D eigenvalue weighted by molar-refractivity contribution is -0.380. The molecule has 35 atom stereocenters. The smallest absolute Gasteiger partial charge is 0.187 e. The highest BCUT2D eigenvalue weighted by molar-refractivity contribution is 5.26. The molecule has 0 unspecified atom stereocenters. The molecule has 9 fully saturated rings. The van der Waals surface area contributed by atoms with E-state index in [1.807, 2.05) is 6.92 Å². The zero-order valence-electron chi connectivity index (χ0n) is 48.6. The Morgan fingerprint density at radius 2 is 1.14 bits per heavy atom. The molecule has 10 aliphatic rings. The fourth-order valence-electron chi connectivity index (χ4n) is 16.5. The molecule has 0 bridgehead atoms. The molecule has 15 N–H and O–H groups in total. The first-order valence-corrected chi connectivity index (χ1v) is 30.2. The number of ether oxygens (including phenoxy) is 12. The second-order valence-electron chi connectivity index (χ2n) is 26.4. The highest BCUT2D eigenvalue weighted by Gasteiger charge is 2.69. The van der Waals surface area contributed by atoms with Gasteiger partial charge in [-0.25, -0.2) is 0 Å². The predicted octanol–water partition coefficient (Wildman–Crippen LogP) is -3.89. The topological polar surface area (TPSA) is 414 Å². The van der Waals surface area contributed by atoms with Gasteiger partial charge >= 0.3 is 0 Å². The van der Waals surface area contributed by atoms with E-state index in [1.165, 1.54) is 12.5 Å². The molecule has 0 amide bonds. The summed E-state index contributed by atoms with van der Waals surface area (Å²) in [5.41, 5.74) is 1.07. The Morgan fingerprint density at radius 1 is 0.583 bits per heavy atom. The summed E-state index contributed by atoms with van der Waals surface area (Å²) in [5, 5.41) is 159. The summed E-state index contributed by atoms with van der Waals surface area (Å²) >= 11 is 0. The van der Waals surface area contributed by atoms with E-state index in [2.05, 4.69) is 26.8 Å². The summed E-state index contributed by atoms with van der Waals surface area (Å²) in [4.78, 5) is 0. The van der Waals surface area contributed by atoms with Crippen molar-refractivity contribution >= 4 is 0 Å². The van der Waals surface area contributed by atoms with E-state index in [0.29, 0.717) is 43.4 Å². The lowest BCUT2D eigenvalue weighted by Gasteiger charge is -2.58. The number of hydrogen-bond donors (Lipinski definition) is 15. The average molecular weight is 1210 g/mol. The molecule has 6 aliphatic heterocycles. The average Bonchev–Trinajstić information content (AvgIpc) is 1.51. The Bertz CT molecular complexity index is 2200. The number of aliphatic hydroxyl groups excluding tert-OH is 15. The number of methoxy groups -OCH3 is 1. The Morgan fingerprint density at radius 3 is 1.79 bits per heavy atom. The largest absolute Gasteiger partial charge is 0.394 e. The van der Waals surface area contributed by atoms with Gasteiger partial charge in [0.1, 0.15) is 110 Å². The molecule has 0 aromatic rings. The van der Waals surface area contributed by atoms with Crippen molar-refractivity contribution in [2.45, 2.75) is 258 Å². The molecule has 0 spiro atoms. The van der Waals surface area contributed by atoms with Gasteiger partial charge < -0.3 is 133 Å². The Labute approximate surface area is 488 Å². The van der Waals surface area contributed by atoms with Gasteiger partial charge in [0.05, 0.1) is 51.3 Å². The van der Waals surface area contributed by atoms with Gasteiger partial charge in [0.25, 0.3) is 0 Å². The second-order valence-corrected chi connectivity index (χ2v) is 26.4. The van der Waals surface area contributed by atoms with Gasteiger partial charge in [-0.2, -0.15) is 0 Å². The molecule has 84 heavy (non-hydrogen) atoms. The lowest BCUT2D eigenvalue weighted by Crippen LogP contribution is -2.65. The summed E-state index contributed by atoms with van der Waals surface area (Å²) in [6, 6.07) is 0. The first kappa shape index (κ1) is 65.6. The maximum atomic E-state index is 12.3. The molecule has 6 saturated heterocycles. The molecule has 484 valence electrons. The SMILES string of the molecule is CO[C@]1(CC[C@@H](C)CO[C@@H]2O[C@H](CO)[C@@H](O)[C@H](O)[C@H]2O)O[C@H]2C[C@H]3[C@@H]4CC=C5C[C@@H](O[C@@H]6O[C@H](CO)[C@@H](O[C@@H]7O[C@@H](CO[C@@H]8O[C@H](CO)[C@@H](O)[C@H](O)[C@H]8O)[C@H](O)[C@H]7O)[C@H](O)[C@H]6O[C@@H]6O[C@@H](C)[C@H](O)[C@@H](O)[C@H]6O)CC[C@]5(C)[C@H]4CC[C@]3(C)[C@H]2[C@@H]1C. The van der Waals surface area contributed by atoms with Crippen LogP contribution in [-0.4, -0.2) is 282 Å². The van der Waals surface area contributed by atoms with E-state index in [1.54, 1.807) is 7.11 Å². The van der Waals surface area contributed by atoms with Crippen LogP contribution in [0.2, 0.25) is 0 Å². The lowest BCUT2D eigenvalue weighted by atomic mass is 9.47. The van der Waals surface area contributed by atoms with Gasteiger partial charge in [-0.05, 0) is 98.7 Å². The molecular weight excluding hydrogens is 1120 g/mol. The minimum absolute atomic E-state index is 0.00545. The van der Waals surface area contributed by atoms with Crippen molar-refractivity contribution < 1.29 is 133 Å². The van der Waals surface area contributed by atoms with Gasteiger partial charge in [0.15, 0.2) is 37.2 Å². The van der Waals surface area contributed by atoms with Crippen molar-refractivity contribution in [3.05, 3.63) is 11.6 Å². The van der Waals surface area contributed by atoms with Crippen molar-refractivity contribution in [2.24, 2.45) is 46.3 Å². The minimum atomic E-state index is -1.80. The summed E-state index contributed by atoms with van der Waals surface area (Å²) < 4.78 is 72.8. The van der Waals surface area contributed by atoms with E-state index in [-0.39, 0.29) is 41.3 Å². The molecule has 27 heteroatoms. The zero-order chi connectivity index (χ0) is 60.6. The first-order valence-electron chi connectivity index (χ1n) is 30.2. The van der Waals surface area contributed by atoms with Gasteiger partial charge in [-0.3, -0.25) is 0 Å². The van der Waals surface area contributed by atoms with Crippen LogP contribution in [0.4, 0.5) is 0 Å². The normalized spacial score (nSPS) is 54.3. The second kappa shape index (κ2) is 26.1. The van der Waals surface area contributed by atoms with Crippen LogP contribution in [0.1, 0.15) is 92.4 Å². The van der Waals surface area contributed by atoms with Crippen LogP contribution in [-0.2, 0) is 56.8 Å². The first-order chi connectivity index (χ1) is 39.8. The zero-order valence-corrected chi connectivity index (χ0v) is 48.6. The van der Waals surface area contributed by atoms with E-state index >= 15 is 0 Å². The number of fused-ring (bicyclic) bond motifs is 7. The fourth-order valence-corrected chi connectivity index (χ4v) is 16.5. The molecule has 27 nitrogen and oxygen atoms in total. The van der Waals surface area contributed by atoms with E-state index < -0.39 is 186 Å². The number of aliphatic hydroxyl groups is 15. The van der Waals surface area contributed by atoms with Crippen LogP contribution in [0.15, 0.2) is 11.6 Å². The standard InChI is InChI=1S/C57H94O27/c1-22(20-74-50-44(69)41(66)37(62)31(17-58)78-50)9-14-57(73-6)23(2)35-30(84-57)16-29-27-8-7-25-15-26(10-12-55(25,4)28(27)11-13-56(29,35)5)77-54-49(83-52-46(71)40(65)36(61)24(3)76-52)47(72)48(33(19-60)80-54)82-53-43(68)39(64)34(81-53)21-75-51-45(70)42(67)38(63)32(18-59)79-51/h7,22-24,26-54,58-72H,8-21H2,1-6H3/t22-,23+,24+,26+,27-,28+,29+,30+,31-,32-,33-,34+,35+,36+,37-,38-,39+,40-,41+,42+,43-,44-,45-,46-,47+,48-,49-,50-,51-,52+,53+,54-,55+,56+,57-/m1/s1. The molecule has 3 saturated carbocycles. The van der Waals surface area contributed by atoms with Crippen LogP contribution in [0.25, 0.3) is 0 Å². The van der Waals surface area contributed by atoms with Crippen LogP contribution in [0, 0.1) is 46.3 Å². The van der Waals surface area contributed by atoms with Crippen molar-refractivity contribution in [3.63, 3.8) is 0 Å². The monoisotopic (exact) mass is 1210 g/mol. The van der Waals surface area contributed by atoms with Crippen molar-refractivity contribution in [1.82, 2.24) is 0 Å². The molecule has 0 aromatic heterocycles. The molecule has 0 aromatic carbocycles. The molecule has 6 heterocycles. The van der Waals surface area contributed by atoms with Gasteiger partial charge in [0, 0.05) is 19.4 Å². The number of rotatable bonds is 19. The van der Waals surface area contributed by atoms with Gasteiger partial charge in [0.2, 0.25) is 0 Å². The highest BCUT2D eigenvalue weighted by Crippen LogP contribution is 2.70. The van der Waals surface area contributed by atoms with Crippen molar-refractivity contribution in [3.8, 4) is 0 Å². The Kier molecular flexibility index (Phi) is 20.4. The Balaban J connectivity index is 0.785. The summed E-state index contributed by atoms with van der Waals surface area (Å²) in [7, 11) is 1.71. The maximum Gasteiger partial charge on any atom is 0.187 e. The van der Waals surface area contributed by atoms with E-state index in [9.17, 15) is 76.6 Å². The fraction of sp³-hybridized carbons (Fsp3) is 0.965. The predicted molar refractivity (Wildman–Crippen MR) is 282 cm³/mol. The summed E-state index contributed by atoms with van der Waals surface area (Å²) in [6.45, 7) is 8.13. The van der Waals surface area contributed by atoms with Gasteiger partial charge in [-0.1, -0.05) is 39.3 Å². The number of allylic oxidation sites excluding steroid dienone is 1. The minimum Gasteiger partial charge on any atom is -0.394 e. The van der Waals surface area contributed by atoms with E-state index in [0.717, 1.165) is 32.1 Å². The molecule has 10 rings (SSSR count). The third kappa shape index (κ3) is 11.9. The van der Waals surface area contributed by atoms with Crippen LogP contribution in [0.3, 0.4) is 0 Å². The van der Waals surface area contributed by atoms with Crippen LogP contribution < -0.4 is 0 Å². The van der Waals surface area contributed by atoms with Crippen molar-refractivity contribution in [1.29, 1.82) is 0 Å². The molecule has 4 aliphatic carbocycles. The van der Waals surface area contributed by atoms with Gasteiger partial charge in [-0.15, -0.1) is 0 Å². The van der Waals surface area contributed by atoms with Crippen LogP contribution >= 0.6 is 0 Å². The third-order valence-corrected chi connectivity index (χ3v) is 21.6. The van der Waals surface area contributed by atoms with E-state index in [4.69, 9.17) is 56.8 Å². The quantitative estimate of drug-likeness (QED) is 0.0550. The highest BCUT2D eigenvalue weighted by atomic mass is 16.8. The Hall–Kier alpha value is -1.34. The third-order valence-electron chi connectivity index (χ3n) is 21.6. The number of hydrogen-bond acceptors (Lipinski definition) is 27. The van der Waals surface area contributed by atoms with Crippen LogP contribution in [0.5, 0.6) is 0 Å². The maximum absolute atomic E-state index is 12.3. The summed E-state index contributed by atoms with van der Waals surface area (Å²) in [5.74, 6) is 0.669.